The first-order valence-corrected chi connectivity index (χ1v) is 5.25. The minimum Gasteiger partial charge on any atom is -0.260 e. The fraction of sp³-hybridized carbons (Fsp3) is 1.00. The lowest BCUT2D eigenvalue weighted by Crippen LogP contribution is -2.16. The third-order valence-corrected chi connectivity index (χ3v) is 3.43. The predicted octanol–water partition coefficient (Wildman–Crippen LogP) is 1.70. The van der Waals surface area contributed by atoms with Crippen molar-refractivity contribution in [3.05, 3.63) is 0 Å². The van der Waals surface area contributed by atoms with E-state index in [1.165, 1.54) is 32.1 Å². The molecule has 0 N–H and O–H groups in total. The van der Waals surface area contributed by atoms with E-state index in [-0.39, 0.29) is 0 Å². The summed E-state index contributed by atoms with van der Waals surface area (Å²) in [4.78, 5) is 0. The first kappa shape index (κ1) is 7.26. The second-order valence-corrected chi connectivity index (χ2v) is 4.42. The Balaban J connectivity index is 2.31. The molecule has 54 valence electrons. The van der Waals surface area contributed by atoms with Gasteiger partial charge in [-0.05, 0) is 12.8 Å². The largest absolute Gasteiger partial charge is 0.260 e. The minimum atomic E-state index is -0.552. The average Bonchev–Trinajstić information content (AvgIpc) is 1.90. The maximum atomic E-state index is 10.9. The van der Waals surface area contributed by atoms with Gasteiger partial charge in [-0.25, -0.2) is 0 Å². The second-order valence-electron chi connectivity index (χ2n) is 2.76. The lowest BCUT2D eigenvalue weighted by Gasteiger charge is -2.18. The summed E-state index contributed by atoms with van der Waals surface area (Å²) in [6.07, 6.45) is 8.17. The summed E-state index contributed by atoms with van der Waals surface area (Å²) < 4.78 is 10.9. The number of hydrogen-bond donors (Lipinski definition) is 0. The lowest BCUT2D eigenvalue weighted by atomic mass is 10.0. The van der Waals surface area contributed by atoms with Crippen molar-refractivity contribution >= 4 is 10.8 Å². The molecule has 1 atom stereocenters. The summed E-state index contributed by atoms with van der Waals surface area (Å²) >= 11 is 0. The highest BCUT2D eigenvalue weighted by molar-refractivity contribution is 7.84. The predicted molar refractivity (Wildman–Crippen MR) is 40.9 cm³/mol. The van der Waals surface area contributed by atoms with E-state index in [9.17, 15) is 4.21 Å². The summed E-state index contributed by atoms with van der Waals surface area (Å²) in [5.74, 6) is 0. The maximum absolute atomic E-state index is 10.9. The van der Waals surface area contributed by atoms with E-state index in [4.69, 9.17) is 0 Å². The Kier molecular flexibility index (Phi) is 2.70. The maximum Gasteiger partial charge on any atom is 0.0345 e. The van der Waals surface area contributed by atoms with Crippen LogP contribution in [0.25, 0.3) is 0 Å². The molecule has 0 aliphatic heterocycles. The van der Waals surface area contributed by atoms with Gasteiger partial charge in [0.05, 0.1) is 0 Å². The summed E-state index contributed by atoms with van der Waals surface area (Å²) in [6, 6.07) is 0. The van der Waals surface area contributed by atoms with Crippen LogP contribution in [0.3, 0.4) is 0 Å². The van der Waals surface area contributed by atoms with Gasteiger partial charge in [-0.3, -0.25) is 4.21 Å². The van der Waals surface area contributed by atoms with E-state index in [0.717, 1.165) is 0 Å². The topological polar surface area (TPSA) is 17.1 Å². The SMILES string of the molecule is CS(=O)C1CCCCC1. The van der Waals surface area contributed by atoms with E-state index >= 15 is 0 Å². The summed E-state index contributed by atoms with van der Waals surface area (Å²) in [5.41, 5.74) is 0. The second kappa shape index (κ2) is 3.35. The molecule has 1 saturated carbocycles. The van der Waals surface area contributed by atoms with Crippen LogP contribution >= 0.6 is 0 Å². The molecule has 0 aromatic rings. The monoisotopic (exact) mass is 146 g/mol. The molecule has 2 heteroatoms. The zero-order valence-corrected chi connectivity index (χ0v) is 6.75. The highest BCUT2D eigenvalue weighted by atomic mass is 32.2. The van der Waals surface area contributed by atoms with E-state index in [2.05, 4.69) is 0 Å². The highest BCUT2D eigenvalue weighted by Crippen LogP contribution is 2.20. The molecule has 0 saturated heterocycles. The molecule has 0 aromatic carbocycles. The third-order valence-electron chi connectivity index (χ3n) is 2.02. The lowest BCUT2D eigenvalue weighted by molar-refractivity contribution is 0.506. The van der Waals surface area contributed by atoms with Crippen molar-refractivity contribution in [2.45, 2.75) is 37.4 Å². The normalized spacial score (nSPS) is 25.9. The smallest absolute Gasteiger partial charge is 0.0345 e. The molecule has 1 unspecified atom stereocenters. The van der Waals surface area contributed by atoms with E-state index in [1.807, 2.05) is 6.26 Å². The van der Waals surface area contributed by atoms with Crippen LogP contribution in [0.2, 0.25) is 0 Å². The zero-order chi connectivity index (χ0) is 6.69. The Hall–Kier alpha value is 0.150. The minimum absolute atomic E-state index is 0.527. The third kappa shape index (κ3) is 2.09. The molecule has 1 rings (SSSR count). The molecule has 0 spiro atoms. The van der Waals surface area contributed by atoms with E-state index in [1.54, 1.807) is 0 Å². The van der Waals surface area contributed by atoms with Crippen molar-refractivity contribution in [3.8, 4) is 0 Å². The van der Waals surface area contributed by atoms with Crippen LogP contribution < -0.4 is 0 Å². The Morgan fingerprint density at radius 3 is 2.11 bits per heavy atom. The molecule has 1 fully saturated rings. The molecule has 1 nitrogen and oxygen atoms in total. The van der Waals surface area contributed by atoms with Gasteiger partial charge in [-0.1, -0.05) is 19.3 Å². The molecule has 0 aromatic heterocycles. The summed E-state index contributed by atoms with van der Waals surface area (Å²) in [7, 11) is -0.552. The first-order valence-electron chi connectivity index (χ1n) is 3.63. The van der Waals surface area contributed by atoms with Gasteiger partial charge in [0.2, 0.25) is 0 Å². The van der Waals surface area contributed by atoms with Crippen LogP contribution in [-0.4, -0.2) is 15.7 Å². The van der Waals surface area contributed by atoms with E-state index < -0.39 is 10.8 Å². The first-order chi connectivity index (χ1) is 4.30. The van der Waals surface area contributed by atoms with Crippen molar-refractivity contribution in [3.63, 3.8) is 0 Å². The molecule has 1 aliphatic carbocycles. The molecular weight excluding hydrogens is 132 g/mol. The number of rotatable bonds is 1. The van der Waals surface area contributed by atoms with Gasteiger partial charge >= 0.3 is 0 Å². The molecule has 1 aliphatic rings. The summed E-state index contributed by atoms with van der Waals surface area (Å²) in [5, 5.41) is 0.527. The standard InChI is InChI=1S/C7H14OS/c1-9(8)7-5-3-2-4-6-7/h7H,2-6H2,1H3. The van der Waals surface area contributed by atoms with Gasteiger partial charge in [0.25, 0.3) is 0 Å². The van der Waals surface area contributed by atoms with Crippen LogP contribution in [0, 0.1) is 0 Å². The highest BCUT2D eigenvalue weighted by Gasteiger charge is 2.15. The van der Waals surface area contributed by atoms with Crippen molar-refractivity contribution in [1.82, 2.24) is 0 Å². The van der Waals surface area contributed by atoms with E-state index in [0.29, 0.717) is 5.25 Å². The Morgan fingerprint density at radius 1 is 1.22 bits per heavy atom. The Morgan fingerprint density at radius 2 is 1.78 bits per heavy atom. The Labute approximate surface area is 59.3 Å². The van der Waals surface area contributed by atoms with Gasteiger partial charge in [-0.2, -0.15) is 0 Å². The molecule has 0 bridgehead atoms. The van der Waals surface area contributed by atoms with Gasteiger partial charge in [0.1, 0.15) is 0 Å². The fourth-order valence-electron chi connectivity index (χ4n) is 1.40. The van der Waals surface area contributed by atoms with Crippen LogP contribution in [0.1, 0.15) is 32.1 Å². The summed E-state index contributed by atoms with van der Waals surface area (Å²) in [6.45, 7) is 0. The molecular formula is C7H14OS. The van der Waals surface area contributed by atoms with Crippen molar-refractivity contribution < 1.29 is 4.21 Å². The zero-order valence-electron chi connectivity index (χ0n) is 5.93. The molecule has 0 amide bonds. The Bertz CT molecular complexity index is 105. The quantitative estimate of drug-likeness (QED) is 0.550. The van der Waals surface area contributed by atoms with Gasteiger partial charge in [0, 0.05) is 22.3 Å². The average molecular weight is 146 g/mol. The van der Waals surface area contributed by atoms with Gasteiger partial charge in [-0.15, -0.1) is 0 Å². The molecule has 9 heavy (non-hydrogen) atoms. The van der Waals surface area contributed by atoms with Crippen molar-refractivity contribution in [2.24, 2.45) is 0 Å². The van der Waals surface area contributed by atoms with Gasteiger partial charge in [0.15, 0.2) is 0 Å². The van der Waals surface area contributed by atoms with Crippen LogP contribution in [0.5, 0.6) is 0 Å². The molecule has 0 radical (unpaired) electrons. The van der Waals surface area contributed by atoms with Gasteiger partial charge < -0.3 is 0 Å². The number of hydrogen-bond acceptors (Lipinski definition) is 1. The van der Waals surface area contributed by atoms with Crippen molar-refractivity contribution in [1.29, 1.82) is 0 Å². The van der Waals surface area contributed by atoms with Crippen LogP contribution in [0.15, 0.2) is 0 Å². The van der Waals surface area contributed by atoms with Crippen LogP contribution in [-0.2, 0) is 10.8 Å². The molecule has 0 heterocycles. The van der Waals surface area contributed by atoms with Crippen LogP contribution in [0.4, 0.5) is 0 Å². The fourth-order valence-corrected chi connectivity index (χ4v) is 2.39. The van der Waals surface area contributed by atoms with Crippen molar-refractivity contribution in [2.75, 3.05) is 6.26 Å².